The number of rotatable bonds is 2. The molecule has 0 bridgehead atoms. The maximum Gasteiger partial charge on any atom is 0.335 e. The van der Waals surface area contributed by atoms with Crippen LogP contribution in [0.1, 0.15) is 22.3 Å². The van der Waals surface area contributed by atoms with Crippen molar-refractivity contribution in [2.24, 2.45) is 0 Å². The fourth-order valence-electron chi connectivity index (χ4n) is 1.81. The Morgan fingerprint density at radius 3 is 2.79 bits per heavy atom. The molecule has 102 valence electrons. The number of aromatic carboxylic acids is 1. The Morgan fingerprint density at radius 2 is 2.21 bits per heavy atom. The van der Waals surface area contributed by atoms with Crippen molar-refractivity contribution in [2.75, 3.05) is 6.61 Å². The molecular formula is C12H11FO5S. The van der Waals surface area contributed by atoms with Crippen LogP contribution in [0.5, 0.6) is 5.75 Å². The first-order valence-corrected chi connectivity index (χ1v) is 6.97. The van der Waals surface area contributed by atoms with E-state index in [1.54, 1.807) is 0 Å². The normalized spacial score (nSPS) is 20.8. The fraction of sp³-hybridized carbons (Fsp3) is 0.250. The first kappa shape index (κ1) is 13.5. The molecule has 7 heteroatoms. The van der Waals surface area contributed by atoms with Gasteiger partial charge in [-0.25, -0.2) is 17.6 Å². The van der Waals surface area contributed by atoms with Gasteiger partial charge in [0.15, 0.2) is 0 Å². The highest BCUT2D eigenvalue weighted by atomic mass is 32.2. The van der Waals surface area contributed by atoms with Crippen molar-refractivity contribution < 1.29 is 27.4 Å². The van der Waals surface area contributed by atoms with Crippen LogP contribution in [0.25, 0.3) is 6.08 Å². The maximum atomic E-state index is 13.6. The predicted molar refractivity (Wildman–Crippen MR) is 65.7 cm³/mol. The minimum atomic E-state index is -4.25. The van der Waals surface area contributed by atoms with Gasteiger partial charge < -0.3 is 9.84 Å². The third-order valence-corrected chi connectivity index (χ3v) is 4.61. The topological polar surface area (TPSA) is 80.7 Å². The molecule has 1 aromatic carbocycles. The van der Waals surface area contributed by atoms with E-state index in [0.717, 1.165) is 6.07 Å². The summed E-state index contributed by atoms with van der Waals surface area (Å²) in [6, 6.07) is 2.15. The van der Waals surface area contributed by atoms with E-state index in [4.69, 9.17) is 9.84 Å². The Hall–Kier alpha value is -1.89. The van der Waals surface area contributed by atoms with Gasteiger partial charge in [-0.15, -0.1) is 0 Å². The smallest absolute Gasteiger partial charge is 0.335 e. The Kier molecular flexibility index (Phi) is 3.32. The molecule has 0 amide bonds. The molecule has 0 aromatic heterocycles. The molecule has 0 spiro atoms. The van der Waals surface area contributed by atoms with Crippen LogP contribution in [0.4, 0.5) is 4.39 Å². The summed E-state index contributed by atoms with van der Waals surface area (Å²) in [4.78, 5) is 10.5. The van der Waals surface area contributed by atoms with Gasteiger partial charge in [-0.1, -0.05) is 12.7 Å². The Bertz CT molecular complexity index is 650. The monoisotopic (exact) mass is 286 g/mol. The third kappa shape index (κ3) is 2.21. The molecule has 1 N–H and O–H groups in total. The summed E-state index contributed by atoms with van der Waals surface area (Å²) in [7, 11) is -4.25. The first-order valence-electron chi connectivity index (χ1n) is 5.42. The quantitative estimate of drug-likeness (QED) is 0.897. The van der Waals surface area contributed by atoms with Crippen LogP contribution in [0.2, 0.25) is 0 Å². The van der Waals surface area contributed by atoms with Gasteiger partial charge in [-0.2, -0.15) is 0 Å². The molecule has 0 saturated heterocycles. The molecule has 2 rings (SSSR count). The fourth-order valence-corrected chi connectivity index (χ4v) is 3.22. The number of sulfone groups is 1. The molecular weight excluding hydrogens is 275 g/mol. The van der Waals surface area contributed by atoms with E-state index in [1.807, 2.05) is 0 Å². The summed E-state index contributed by atoms with van der Waals surface area (Å²) < 4.78 is 42.8. The zero-order valence-electron chi connectivity index (χ0n) is 9.80. The lowest BCUT2D eigenvalue weighted by Gasteiger charge is -2.11. The maximum absolute atomic E-state index is 13.6. The lowest BCUT2D eigenvalue weighted by atomic mass is 10.1. The van der Waals surface area contributed by atoms with Crippen LogP contribution < -0.4 is 4.74 Å². The minimum absolute atomic E-state index is 0.0415. The zero-order valence-corrected chi connectivity index (χ0v) is 10.6. The summed E-state index contributed by atoms with van der Waals surface area (Å²) in [5.41, 5.74) is -2.14. The number of halogens is 1. The van der Waals surface area contributed by atoms with Gasteiger partial charge >= 0.3 is 5.97 Å². The number of fused-ring (bicyclic) bond motifs is 1. The Balaban J connectivity index is 2.80. The number of hydrogen-bond acceptors (Lipinski definition) is 4. The van der Waals surface area contributed by atoms with E-state index in [1.165, 1.54) is 12.1 Å². The SMILES string of the molecule is C=Cc1cc(C(=O)O)cc2c1OCCC(F)S2(=O)=O. The van der Waals surface area contributed by atoms with E-state index in [2.05, 4.69) is 6.58 Å². The van der Waals surface area contributed by atoms with E-state index in [0.29, 0.717) is 0 Å². The van der Waals surface area contributed by atoms with Crippen molar-refractivity contribution in [1.29, 1.82) is 0 Å². The van der Waals surface area contributed by atoms with Crippen LogP contribution in [-0.4, -0.2) is 31.6 Å². The molecule has 0 radical (unpaired) electrons. The van der Waals surface area contributed by atoms with Crippen LogP contribution in [0.3, 0.4) is 0 Å². The second-order valence-corrected chi connectivity index (χ2v) is 6.04. The van der Waals surface area contributed by atoms with Crippen molar-refractivity contribution in [3.05, 3.63) is 29.8 Å². The summed E-state index contributed by atoms with van der Waals surface area (Å²) >= 11 is 0. The number of benzene rings is 1. The molecule has 1 unspecified atom stereocenters. The predicted octanol–water partition coefficient (Wildman–Crippen LogP) is 1.88. The molecule has 0 aliphatic carbocycles. The van der Waals surface area contributed by atoms with Gasteiger partial charge in [-0.05, 0) is 12.1 Å². The van der Waals surface area contributed by atoms with E-state index >= 15 is 0 Å². The second-order valence-electron chi connectivity index (χ2n) is 3.99. The average Bonchev–Trinajstić information content (AvgIpc) is 2.47. The summed E-state index contributed by atoms with van der Waals surface area (Å²) in [5, 5.41) is 8.95. The summed E-state index contributed by atoms with van der Waals surface area (Å²) in [6.07, 6.45) is 0.982. The lowest BCUT2D eigenvalue weighted by Crippen LogP contribution is -2.16. The average molecular weight is 286 g/mol. The summed E-state index contributed by atoms with van der Waals surface area (Å²) in [6.45, 7) is 3.38. The number of alkyl halides is 1. The first-order chi connectivity index (χ1) is 8.87. The molecule has 19 heavy (non-hydrogen) atoms. The van der Waals surface area contributed by atoms with Gasteiger partial charge in [0.1, 0.15) is 10.6 Å². The molecule has 0 saturated carbocycles. The second kappa shape index (κ2) is 4.65. The Labute approximate surface area is 109 Å². The van der Waals surface area contributed by atoms with Gasteiger partial charge in [-0.3, -0.25) is 0 Å². The number of carbonyl (C=O) groups is 1. The Morgan fingerprint density at radius 1 is 1.53 bits per heavy atom. The highest BCUT2D eigenvalue weighted by Crippen LogP contribution is 2.36. The van der Waals surface area contributed by atoms with Crippen LogP contribution in [-0.2, 0) is 9.84 Å². The molecule has 0 fully saturated rings. The lowest BCUT2D eigenvalue weighted by molar-refractivity contribution is 0.0696. The van der Waals surface area contributed by atoms with E-state index in [9.17, 15) is 17.6 Å². The molecule has 1 aliphatic heterocycles. The van der Waals surface area contributed by atoms with Crippen molar-refractivity contribution in [2.45, 2.75) is 16.8 Å². The van der Waals surface area contributed by atoms with E-state index in [-0.39, 0.29) is 29.9 Å². The van der Waals surface area contributed by atoms with Crippen molar-refractivity contribution >= 4 is 21.9 Å². The molecule has 1 heterocycles. The van der Waals surface area contributed by atoms with Gasteiger partial charge in [0.05, 0.1) is 12.2 Å². The van der Waals surface area contributed by atoms with Gasteiger partial charge in [0, 0.05) is 12.0 Å². The number of hydrogen-bond donors (Lipinski definition) is 1. The van der Waals surface area contributed by atoms with Crippen molar-refractivity contribution in [1.82, 2.24) is 0 Å². The highest BCUT2D eigenvalue weighted by molar-refractivity contribution is 7.92. The van der Waals surface area contributed by atoms with Gasteiger partial charge in [0.25, 0.3) is 0 Å². The van der Waals surface area contributed by atoms with Crippen LogP contribution in [0, 0.1) is 0 Å². The van der Waals surface area contributed by atoms with Crippen LogP contribution >= 0.6 is 0 Å². The number of ether oxygens (including phenoxy) is 1. The minimum Gasteiger partial charge on any atom is -0.491 e. The molecule has 1 aromatic rings. The molecule has 1 aliphatic rings. The number of carboxylic acids is 1. The number of carboxylic acid groups (broad SMARTS) is 1. The van der Waals surface area contributed by atoms with Crippen molar-refractivity contribution in [3.63, 3.8) is 0 Å². The largest absolute Gasteiger partial charge is 0.491 e. The standard InChI is InChI=1S/C12H11FO5S/c1-2-7-5-8(12(14)15)6-9-11(7)18-4-3-10(13)19(9,16)17/h2,5-6,10H,1,3-4H2,(H,14,15). The zero-order chi connectivity index (χ0) is 14.2. The third-order valence-electron chi connectivity index (χ3n) is 2.78. The van der Waals surface area contributed by atoms with E-state index < -0.39 is 26.2 Å². The van der Waals surface area contributed by atoms with Crippen LogP contribution in [0.15, 0.2) is 23.6 Å². The summed E-state index contributed by atoms with van der Waals surface area (Å²) in [5.74, 6) is -1.35. The van der Waals surface area contributed by atoms with Gasteiger partial charge in [0.2, 0.25) is 15.3 Å². The van der Waals surface area contributed by atoms with Crippen molar-refractivity contribution in [3.8, 4) is 5.75 Å². The molecule has 1 atom stereocenters. The molecule has 5 nitrogen and oxygen atoms in total. The highest BCUT2D eigenvalue weighted by Gasteiger charge is 2.34.